The summed E-state index contributed by atoms with van der Waals surface area (Å²) >= 11 is 5.86. The molecule has 1 N–H and O–H groups in total. The Morgan fingerprint density at radius 2 is 1.93 bits per heavy atom. The minimum Gasteiger partial charge on any atom is -0.272 e. The number of hydrazone groups is 1. The van der Waals surface area contributed by atoms with Crippen molar-refractivity contribution >= 4 is 33.7 Å². The Morgan fingerprint density at radius 1 is 1.22 bits per heavy atom. The summed E-state index contributed by atoms with van der Waals surface area (Å²) in [5.74, 6) is -1.22. The van der Waals surface area contributed by atoms with Gasteiger partial charge in [-0.3, -0.25) is 4.79 Å². The van der Waals surface area contributed by atoms with Crippen molar-refractivity contribution in [3.05, 3.63) is 70.5 Å². The molecule has 6 nitrogen and oxygen atoms in total. The average Bonchev–Trinajstić information content (AvgIpc) is 2.61. The number of halogens is 2. The second kappa shape index (κ2) is 9.59. The van der Waals surface area contributed by atoms with Gasteiger partial charge < -0.3 is 0 Å². The molecule has 2 rings (SSSR count). The Bertz CT molecular complexity index is 900. The summed E-state index contributed by atoms with van der Waals surface area (Å²) in [6.07, 6.45) is 2.58. The molecule has 0 aliphatic carbocycles. The molecule has 0 unspecified atom stereocenters. The third kappa shape index (κ3) is 6.74. The van der Waals surface area contributed by atoms with Gasteiger partial charge in [0.25, 0.3) is 5.91 Å². The van der Waals surface area contributed by atoms with Crippen molar-refractivity contribution in [2.24, 2.45) is 5.10 Å². The molecular weight excluding hydrogens is 393 g/mol. The lowest BCUT2D eigenvalue weighted by molar-refractivity contribution is -0.121. The Balaban J connectivity index is 1.96. The number of benzene rings is 2. The van der Waals surface area contributed by atoms with Gasteiger partial charge in [0.15, 0.2) is 0 Å². The number of rotatable bonds is 8. The quantitative estimate of drug-likeness (QED) is 0.535. The zero-order chi connectivity index (χ0) is 19.9. The SMILES string of the molecule is CS(=O)(=O)N(CCc1ccccc1)CC(=O)NN=Cc1c(F)cccc1Cl. The van der Waals surface area contributed by atoms with Gasteiger partial charge in [-0.1, -0.05) is 48.0 Å². The van der Waals surface area contributed by atoms with Crippen molar-refractivity contribution < 1.29 is 17.6 Å². The highest BCUT2D eigenvalue weighted by Gasteiger charge is 2.19. The molecule has 27 heavy (non-hydrogen) atoms. The van der Waals surface area contributed by atoms with Crippen molar-refractivity contribution in [3.8, 4) is 0 Å². The number of sulfonamides is 1. The molecule has 0 atom stereocenters. The topological polar surface area (TPSA) is 78.8 Å². The number of carbonyl (C=O) groups excluding carboxylic acids is 1. The van der Waals surface area contributed by atoms with Crippen LogP contribution in [0.4, 0.5) is 4.39 Å². The number of hydrogen-bond acceptors (Lipinski definition) is 4. The second-order valence-corrected chi connectivity index (χ2v) is 8.15. The number of nitrogens with zero attached hydrogens (tertiary/aromatic N) is 2. The predicted molar refractivity (Wildman–Crippen MR) is 104 cm³/mol. The van der Waals surface area contributed by atoms with Crippen LogP contribution in [0.25, 0.3) is 0 Å². The monoisotopic (exact) mass is 411 g/mol. The number of hydrogen-bond donors (Lipinski definition) is 1. The van der Waals surface area contributed by atoms with Crippen LogP contribution in [-0.2, 0) is 21.2 Å². The average molecular weight is 412 g/mol. The highest BCUT2D eigenvalue weighted by molar-refractivity contribution is 7.88. The van der Waals surface area contributed by atoms with Gasteiger partial charge in [-0.15, -0.1) is 0 Å². The Labute approximate surface area is 162 Å². The molecule has 0 heterocycles. The fraction of sp³-hybridized carbons (Fsp3) is 0.222. The van der Waals surface area contributed by atoms with Crippen LogP contribution in [0.3, 0.4) is 0 Å². The van der Waals surface area contributed by atoms with E-state index in [-0.39, 0.29) is 17.1 Å². The molecule has 0 aromatic heterocycles. The molecule has 0 spiro atoms. The first kappa shape index (κ1) is 21.0. The summed E-state index contributed by atoms with van der Waals surface area (Å²) in [5.41, 5.74) is 3.17. The molecule has 9 heteroatoms. The fourth-order valence-electron chi connectivity index (χ4n) is 2.26. The van der Waals surface area contributed by atoms with E-state index in [0.29, 0.717) is 6.42 Å². The fourth-order valence-corrected chi connectivity index (χ4v) is 3.25. The van der Waals surface area contributed by atoms with Gasteiger partial charge >= 0.3 is 0 Å². The van der Waals surface area contributed by atoms with Crippen LogP contribution < -0.4 is 5.43 Å². The zero-order valence-corrected chi connectivity index (χ0v) is 16.2. The number of carbonyl (C=O) groups is 1. The molecule has 2 aromatic rings. The molecule has 1 amide bonds. The van der Waals surface area contributed by atoms with Gasteiger partial charge in [0.1, 0.15) is 5.82 Å². The zero-order valence-electron chi connectivity index (χ0n) is 14.6. The molecule has 0 saturated carbocycles. The van der Waals surface area contributed by atoms with Gasteiger partial charge in [0, 0.05) is 12.1 Å². The van der Waals surface area contributed by atoms with Crippen LogP contribution in [0, 0.1) is 5.82 Å². The van der Waals surface area contributed by atoms with Crippen LogP contribution in [0.5, 0.6) is 0 Å². The van der Waals surface area contributed by atoms with Crippen LogP contribution in [0.2, 0.25) is 5.02 Å². The first-order chi connectivity index (χ1) is 12.8. The molecule has 144 valence electrons. The molecule has 0 bridgehead atoms. The summed E-state index contributed by atoms with van der Waals surface area (Å²) in [6.45, 7) is -0.243. The van der Waals surface area contributed by atoms with Crippen molar-refractivity contribution in [1.82, 2.24) is 9.73 Å². The van der Waals surface area contributed by atoms with E-state index in [2.05, 4.69) is 10.5 Å². The van der Waals surface area contributed by atoms with Crippen LogP contribution in [0.1, 0.15) is 11.1 Å². The van der Waals surface area contributed by atoms with Crippen molar-refractivity contribution in [1.29, 1.82) is 0 Å². The van der Waals surface area contributed by atoms with E-state index in [1.165, 1.54) is 18.2 Å². The van der Waals surface area contributed by atoms with Crippen molar-refractivity contribution in [2.75, 3.05) is 19.3 Å². The number of nitrogens with one attached hydrogen (secondary N) is 1. The molecule has 0 fully saturated rings. The molecule has 0 radical (unpaired) electrons. The van der Waals surface area contributed by atoms with Gasteiger partial charge in [0.05, 0.1) is 24.0 Å². The highest BCUT2D eigenvalue weighted by atomic mass is 35.5. The normalized spacial score (nSPS) is 11.9. The van der Waals surface area contributed by atoms with Gasteiger partial charge in [-0.2, -0.15) is 9.41 Å². The van der Waals surface area contributed by atoms with E-state index in [1.807, 2.05) is 30.3 Å². The second-order valence-electron chi connectivity index (χ2n) is 5.76. The molecule has 2 aromatic carbocycles. The van der Waals surface area contributed by atoms with Gasteiger partial charge in [-0.25, -0.2) is 18.2 Å². The lowest BCUT2D eigenvalue weighted by Gasteiger charge is -2.18. The molecule has 0 aliphatic rings. The summed E-state index contributed by atoms with van der Waals surface area (Å²) in [6, 6.07) is 13.5. The summed E-state index contributed by atoms with van der Waals surface area (Å²) < 4.78 is 38.5. The van der Waals surface area contributed by atoms with Crippen LogP contribution >= 0.6 is 11.6 Å². The van der Waals surface area contributed by atoms with Crippen LogP contribution in [-0.4, -0.2) is 44.2 Å². The van der Waals surface area contributed by atoms with E-state index in [1.54, 1.807) is 0 Å². The number of amides is 1. The third-order valence-corrected chi connectivity index (χ3v) is 5.24. The summed E-state index contributed by atoms with van der Waals surface area (Å²) in [7, 11) is -3.58. The maximum Gasteiger partial charge on any atom is 0.255 e. The molecule has 0 aliphatic heterocycles. The standard InChI is InChI=1S/C18H19ClFN3O3S/c1-27(25,26)23(11-10-14-6-3-2-4-7-14)13-18(24)22-21-12-15-16(19)8-5-9-17(15)20/h2-9,12H,10-11,13H2,1H3,(H,22,24). The largest absolute Gasteiger partial charge is 0.272 e. The van der Waals surface area contributed by atoms with Gasteiger partial charge in [-0.05, 0) is 24.1 Å². The van der Waals surface area contributed by atoms with E-state index < -0.39 is 28.3 Å². The Morgan fingerprint density at radius 3 is 2.56 bits per heavy atom. The first-order valence-electron chi connectivity index (χ1n) is 8.02. The van der Waals surface area contributed by atoms with E-state index >= 15 is 0 Å². The van der Waals surface area contributed by atoms with E-state index in [9.17, 15) is 17.6 Å². The molecule has 0 saturated heterocycles. The predicted octanol–water partition coefficient (Wildman–Crippen LogP) is 2.43. The first-order valence-corrected chi connectivity index (χ1v) is 10.2. The molecular formula is C18H19ClFN3O3S. The lowest BCUT2D eigenvalue weighted by Crippen LogP contribution is -2.40. The lowest BCUT2D eigenvalue weighted by atomic mass is 10.1. The van der Waals surface area contributed by atoms with Crippen LogP contribution in [0.15, 0.2) is 53.6 Å². The summed E-state index contributed by atoms with van der Waals surface area (Å²) in [5, 5.41) is 3.79. The Hall–Kier alpha value is -2.29. The minimum atomic E-state index is -3.58. The maximum absolute atomic E-state index is 13.6. The van der Waals surface area contributed by atoms with Crippen molar-refractivity contribution in [2.45, 2.75) is 6.42 Å². The minimum absolute atomic E-state index is 0.0310. The van der Waals surface area contributed by atoms with Crippen molar-refractivity contribution in [3.63, 3.8) is 0 Å². The third-order valence-electron chi connectivity index (χ3n) is 3.66. The van der Waals surface area contributed by atoms with Gasteiger partial charge in [0.2, 0.25) is 10.0 Å². The summed E-state index contributed by atoms with van der Waals surface area (Å²) in [4.78, 5) is 12.0. The highest BCUT2D eigenvalue weighted by Crippen LogP contribution is 2.16. The smallest absolute Gasteiger partial charge is 0.255 e. The maximum atomic E-state index is 13.6. The van der Waals surface area contributed by atoms with E-state index in [0.717, 1.165) is 22.3 Å². The Kier molecular flexibility index (Phi) is 7.46. The van der Waals surface area contributed by atoms with E-state index in [4.69, 9.17) is 11.6 Å².